The zero-order valence-electron chi connectivity index (χ0n) is 23.6. The highest BCUT2D eigenvalue weighted by molar-refractivity contribution is 5.56. The van der Waals surface area contributed by atoms with E-state index >= 15 is 0 Å². The van der Waals surface area contributed by atoms with E-state index in [1.54, 1.807) is 0 Å². The second-order valence-electron chi connectivity index (χ2n) is 11.2. The normalized spacial score (nSPS) is 19.9. The molecule has 5 aromatic carbocycles. The average molecular weight is 551 g/mol. The van der Waals surface area contributed by atoms with Crippen LogP contribution >= 0.6 is 0 Å². The maximum absolute atomic E-state index is 6.79. The van der Waals surface area contributed by atoms with E-state index in [0.29, 0.717) is 25.0 Å². The largest absolute Gasteiger partial charge is 0.489 e. The third-order valence-corrected chi connectivity index (χ3v) is 8.40. The summed E-state index contributed by atoms with van der Waals surface area (Å²) in [5.41, 5.74) is 7.48. The molecule has 0 saturated heterocycles. The zero-order chi connectivity index (χ0) is 28.1. The van der Waals surface area contributed by atoms with E-state index < -0.39 is 0 Å². The summed E-state index contributed by atoms with van der Waals surface area (Å²) in [6, 6.07) is 46.0. The molecule has 2 aliphatic rings. The van der Waals surface area contributed by atoms with Crippen LogP contribution in [0.3, 0.4) is 0 Å². The van der Waals surface area contributed by atoms with Gasteiger partial charge in [0.1, 0.15) is 36.6 Å². The smallest absolute Gasteiger partial charge is 0.127 e. The Morgan fingerprint density at radius 3 is 1.88 bits per heavy atom. The van der Waals surface area contributed by atoms with Crippen LogP contribution in [-0.2, 0) is 13.2 Å². The van der Waals surface area contributed by atoms with Crippen LogP contribution in [0.15, 0.2) is 139 Å². The van der Waals surface area contributed by atoms with Crippen molar-refractivity contribution >= 4 is 6.08 Å². The van der Waals surface area contributed by atoms with Gasteiger partial charge in [0.05, 0.1) is 0 Å². The molecular formula is C39H34O3. The van der Waals surface area contributed by atoms with E-state index in [2.05, 4.69) is 97.1 Å². The monoisotopic (exact) mass is 550 g/mol. The van der Waals surface area contributed by atoms with Gasteiger partial charge in [0.2, 0.25) is 0 Å². The molecular weight excluding hydrogens is 516 g/mol. The van der Waals surface area contributed by atoms with Crippen molar-refractivity contribution in [2.75, 3.05) is 0 Å². The minimum atomic E-state index is -0.0246. The summed E-state index contributed by atoms with van der Waals surface area (Å²) in [6.07, 6.45) is 4.37. The summed E-state index contributed by atoms with van der Waals surface area (Å²) in [5.74, 6) is 3.42. The molecule has 7 rings (SSSR count). The predicted molar refractivity (Wildman–Crippen MR) is 168 cm³/mol. The molecule has 0 radical (unpaired) electrons. The Morgan fingerprint density at radius 1 is 0.619 bits per heavy atom. The number of fused-ring (bicyclic) bond motifs is 3. The average Bonchev–Trinajstić information content (AvgIpc) is 3.48. The number of allylic oxidation sites excluding steroid dienone is 1. The number of ether oxygens (including phenoxy) is 3. The lowest BCUT2D eigenvalue weighted by Crippen LogP contribution is -2.26. The van der Waals surface area contributed by atoms with Gasteiger partial charge in [-0.25, -0.2) is 0 Å². The van der Waals surface area contributed by atoms with Crippen LogP contribution in [0.2, 0.25) is 0 Å². The van der Waals surface area contributed by atoms with Gasteiger partial charge in [-0.1, -0.05) is 115 Å². The molecule has 0 unspecified atom stereocenters. The summed E-state index contributed by atoms with van der Waals surface area (Å²) in [5, 5.41) is 0. The number of benzene rings is 5. The molecule has 0 amide bonds. The van der Waals surface area contributed by atoms with Crippen LogP contribution in [0.4, 0.5) is 0 Å². The molecule has 5 aromatic rings. The van der Waals surface area contributed by atoms with E-state index in [-0.39, 0.29) is 6.10 Å². The lowest BCUT2D eigenvalue weighted by molar-refractivity contribution is 0.105. The summed E-state index contributed by atoms with van der Waals surface area (Å²) in [6.45, 7) is 1.11. The van der Waals surface area contributed by atoms with Crippen molar-refractivity contribution in [2.24, 2.45) is 5.92 Å². The first-order valence-electron chi connectivity index (χ1n) is 14.8. The number of hydrogen-bond acceptors (Lipinski definition) is 3. The van der Waals surface area contributed by atoms with Crippen molar-refractivity contribution in [3.05, 3.63) is 167 Å². The van der Waals surface area contributed by atoms with Crippen LogP contribution in [0, 0.1) is 5.92 Å². The van der Waals surface area contributed by atoms with Gasteiger partial charge < -0.3 is 14.2 Å². The summed E-state index contributed by atoms with van der Waals surface area (Å²) in [4.78, 5) is 0. The van der Waals surface area contributed by atoms with Crippen molar-refractivity contribution in [3.63, 3.8) is 0 Å². The summed E-state index contributed by atoms with van der Waals surface area (Å²) < 4.78 is 19.1. The van der Waals surface area contributed by atoms with Crippen LogP contribution in [0.1, 0.15) is 52.7 Å². The molecule has 1 fully saturated rings. The Morgan fingerprint density at radius 2 is 1.21 bits per heavy atom. The summed E-state index contributed by atoms with van der Waals surface area (Å²) >= 11 is 0. The standard InChI is InChI=1S/C39H34O3/c1-4-10-28(11-5-1)22-31-23-35-36-25-34(41-27-30-14-8-3-9-15-30)20-21-38(36)42-39(37(35)24-31)32-16-18-33(19-17-32)40-26-29-12-6-2-7-13-29/h1-22,25,35,37,39H,23-24,26-27H2/t35-,37-,39-/m0/s1. The van der Waals surface area contributed by atoms with Gasteiger partial charge >= 0.3 is 0 Å². The highest BCUT2D eigenvalue weighted by Gasteiger charge is 2.44. The van der Waals surface area contributed by atoms with Gasteiger partial charge in [0, 0.05) is 11.5 Å². The molecule has 1 saturated carbocycles. The third kappa shape index (κ3) is 5.82. The van der Waals surface area contributed by atoms with E-state index in [1.807, 2.05) is 42.5 Å². The van der Waals surface area contributed by atoms with E-state index in [9.17, 15) is 0 Å². The maximum Gasteiger partial charge on any atom is 0.127 e. The van der Waals surface area contributed by atoms with Crippen molar-refractivity contribution in [1.29, 1.82) is 0 Å². The Labute approximate surface area is 248 Å². The predicted octanol–water partition coefficient (Wildman–Crippen LogP) is 9.56. The van der Waals surface area contributed by atoms with Crippen molar-refractivity contribution in [2.45, 2.75) is 38.1 Å². The highest BCUT2D eigenvalue weighted by Crippen LogP contribution is 2.56. The Kier molecular flexibility index (Phi) is 7.47. The Hall–Kier alpha value is -4.76. The first-order valence-corrected chi connectivity index (χ1v) is 14.8. The van der Waals surface area contributed by atoms with Crippen LogP contribution in [0.5, 0.6) is 17.2 Å². The van der Waals surface area contributed by atoms with Crippen molar-refractivity contribution in [3.8, 4) is 17.2 Å². The molecule has 0 aromatic heterocycles. The third-order valence-electron chi connectivity index (χ3n) is 8.40. The number of rotatable bonds is 8. The SMILES string of the molecule is C(=C1C[C@H]2[C@@H](C1)c1cc(OCc3ccccc3)ccc1O[C@H]2c1ccc(OCc2ccccc2)cc1)c1ccccc1. The lowest BCUT2D eigenvalue weighted by atomic mass is 9.80. The molecule has 0 bridgehead atoms. The first-order chi connectivity index (χ1) is 20.8. The lowest BCUT2D eigenvalue weighted by Gasteiger charge is -2.36. The summed E-state index contributed by atoms with van der Waals surface area (Å²) in [7, 11) is 0. The Bertz CT molecular complexity index is 1640. The van der Waals surface area contributed by atoms with E-state index in [0.717, 1.165) is 41.2 Å². The van der Waals surface area contributed by atoms with Gasteiger partial charge in [-0.15, -0.1) is 0 Å². The van der Waals surface area contributed by atoms with Gasteiger partial charge in [0.25, 0.3) is 0 Å². The highest BCUT2D eigenvalue weighted by atomic mass is 16.5. The Balaban J connectivity index is 1.15. The zero-order valence-corrected chi connectivity index (χ0v) is 23.6. The molecule has 1 aliphatic carbocycles. The van der Waals surface area contributed by atoms with Crippen molar-refractivity contribution < 1.29 is 14.2 Å². The van der Waals surface area contributed by atoms with Gasteiger partial charge in [-0.3, -0.25) is 0 Å². The second kappa shape index (κ2) is 12.0. The fraction of sp³-hybridized carbons (Fsp3) is 0.179. The van der Waals surface area contributed by atoms with Crippen LogP contribution in [-0.4, -0.2) is 0 Å². The molecule has 3 heteroatoms. The molecule has 3 atom stereocenters. The molecule has 208 valence electrons. The van der Waals surface area contributed by atoms with Crippen molar-refractivity contribution in [1.82, 2.24) is 0 Å². The quantitative estimate of drug-likeness (QED) is 0.193. The van der Waals surface area contributed by atoms with Gasteiger partial charge in [-0.2, -0.15) is 0 Å². The molecule has 42 heavy (non-hydrogen) atoms. The van der Waals surface area contributed by atoms with Crippen LogP contribution in [0.25, 0.3) is 6.08 Å². The van der Waals surface area contributed by atoms with Gasteiger partial charge in [0.15, 0.2) is 0 Å². The van der Waals surface area contributed by atoms with E-state index in [4.69, 9.17) is 14.2 Å². The minimum Gasteiger partial charge on any atom is -0.489 e. The van der Waals surface area contributed by atoms with Crippen LogP contribution < -0.4 is 14.2 Å². The first kappa shape index (κ1) is 26.2. The van der Waals surface area contributed by atoms with Gasteiger partial charge in [-0.05, 0) is 71.3 Å². The second-order valence-corrected chi connectivity index (χ2v) is 11.2. The topological polar surface area (TPSA) is 27.7 Å². The molecule has 1 heterocycles. The molecule has 1 aliphatic heterocycles. The molecule has 0 spiro atoms. The maximum atomic E-state index is 6.79. The number of hydrogen-bond donors (Lipinski definition) is 0. The van der Waals surface area contributed by atoms with E-state index in [1.165, 1.54) is 22.3 Å². The molecule has 0 N–H and O–H groups in total. The fourth-order valence-electron chi connectivity index (χ4n) is 6.31. The molecule has 3 nitrogen and oxygen atoms in total. The minimum absolute atomic E-state index is 0.0246. The fourth-order valence-corrected chi connectivity index (χ4v) is 6.31.